The zero-order valence-electron chi connectivity index (χ0n) is 15.8. The summed E-state index contributed by atoms with van der Waals surface area (Å²) in [7, 11) is 0. The third-order valence-electron chi connectivity index (χ3n) is 5.99. The predicted molar refractivity (Wildman–Crippen MR) is 110 cm³/mol. The largest absolute Gasteiger partial charge is 0.322 e. The summed E-state index contributed by atoms with van der Waals surface area (Å²) < 4.78 is 0. The minimum Gasteiger partial charge on any atom is -0.320 e. The van der Waals surface area contributed by atoms with E-state index in [2.05, 4.69) is 55.6 Å². The summed E-state index contributed by atoms with van der Waals surface area (Å²) in [5, 5.41) is 11.1. The number of carbonyl (C=O) groups excluding carboxylic acids is 1. The van der Waals surface area contributed by atoms with Gasteiger partial charge in [0.05, 0.1) is 11.7 Å². The number of hydrogen-bond donors (Lipinski definition) is 2. The molecule has 144 valence electrons. The van der Waals surface area contributed by atoms with Gasteiger partial charge in [0.15, 0.2) is 0 Å². The SMILES string of the molecule is O=C(Nc1ccc2cn[nH]c2c1)N1C[C@@H]2CC[C@H]1CN(Cc1ccccc1)C2. The molecule has 3 aliphatic rings. The van der Waals surface area contributed by atoms with Gasteiger partial charge in [-0.25, -0.2) is 4.79 Å². The number of amides is 2. The second-order valence-electron chi connectivity index (χ2n) is 8.03. The molecule has 0 spiro atoms. The number of aromatic amines is 1. The molecule has 3 saturated heterocycles. The van der Waals surface area contributed by atoms with E-state index in [9.17, 15) is 4.79 Å². The van der Waals surface area contributed by atoms with Crippen molar-refractivity contribution in [2.24, 2.45) is 5.92 Å². The van der Waals surface area contributed by atoms with Gasteiger partial charge in [-0.15, -0.1) is 0 Å². The molecule has 6 nitrogen and oxygen atoms in total. The van der Waals surface area contributed by atoms with Crippen molar-refractivity contribution in [1.29, 1.82) is 0 Å². The first-order valence-electron chi connectivity index (χ1n) is 10.0. The summed E-state index contributed by atoms with van der Waals surface area (Å²) in [6, 6.07) is 16.8. The second kappa shape index (κ2) is 7.28. The van der Waals surface area contributed by atoms with Crippen LogP contribution in [-0.4, -0.2) is 51.7 Å². The third-order valence-corrected chi connectivity index (χ3v) is 5.99. The van der Waals surface area contributed by atoms with Crippen LogP contribution < -0.4 is 5.32 Å². The number of nitrogens with one attached hydrogen (secondary N) is 2. The van der Waals surface area contributed by atoms with Gasteiger partial charge in [-0.05, 0) is 42.5 Å². The summed E-state index contributed by atoms with van der Waals surface area (Å²) in [4.78, 5) is 17.6. The molecule has 0 saturated carbocycles. The Morgan fingerprint density at radius 2 is 2.00 bits per heavy atom. The highest BCUT2D eigenvalue weighted by atomic mass is 16.2. The summed E-state index contributed by atoms with van der Waals surface area (Å²) in [6.45, 7) is 3.81. The average Bonchev–Trinajstić information content (AvgIpc) is 3.00. The molecule has 2 atom stereocenters. The van der Waals surface area contributed by atoms with Gasteiger partial charge in [-0.1, -0.05) is 30.3 Å². The molecule has 1 aromatic heterocycles. The minimum absolute atomic E-state index is 0.00938. The fourth-order valence-electron chi connectivity index (χ4n) is 4.61. The van der Waals surface area contributed by atoms with E-state index in [-0.39, 0.29) is 12.1 Å². The first-order chi connectivity index (χ1) is 13.7. The van der Waals surface area contributed by atoms with E-state index in [0.29, 0.717) is 5.92 Å². The molecular formula is C22H25N5O. The third kappa shape index (κ3) is 3.47. The van der Waals surface area contributed by atoms with Gasteiger partial charge in [0.2, 0.25) is 0 Å². The molecule has 0 unspecified atom stereocenters. The number of rotatable bonds is 3. The molecule has 2 aromatic carbocycles. The van der Waals surface area contributed by atoms with Crippen molar-refractivity contribution < 1.29 is 4.79 Å². The molecule has 6 heteroatoms. The van der Waals surface area contributed by atoms with Crippen LogP contribution in [0.25, 0.3) is 10.9 Å². The first kappa shape index (κ1) is 17.3. The van der Waals surface area contributed by atoms with E-state index < -0.39 is 0 Å². The molecule has 3 fully saturated rings. The van der Waals surface area contributed by atoms with Gasteiger partial charge < -0.3 is 10.2 Å². The normalized spacial score (nSPS) is 22.4. The quantitative estimate of drug-likeness (QED) is 0.734. The molecule has 28 heavy (non-hydrogen) atoms. The molecule has 2 N–H and O–H groups in total. The lowest BCUT2D eigenvalue weighted by Crippen LogP contribution is -2.49. The highest BCUT2D eigenvalue weighted by Gasteiger charge is 2.37. The zero-order chi connectivity index (χ0) is 18.9. The zero-order valence-corrected chi connectivity index (χ0v) is 15.8. The summed E-state index contributed by atoms with van der Waals surface area (Å²) >= 11 is 0. The summed E-state index contributed by atoms with van der Waals surface area (Å²) in [5.41, 5.74) is 3.08. The number of carbonyl (C=O) groups is 1. The van der Waals surface area contributed by atoms with Crippen LogP contribution in [0.15, 0.2) is 54.7 Å². The maximum Gasteiger partial charge on any atom is 0.322 e. The van der Waals surface area contributed by atoms with E-state index in [1.54, 1.807) is 6.20 Å². The number of urea groups is 1. The van der Waals surface area contributed by atoms with Gasteiger partial charge in [0.1, 0.15) is 0 Å². The van der Waals surface area contributed by atoms with E-state index in [1.807, 2.05) is 18.2 Å². The van der Waals surface area contributed by atoms with Crippen molar-refractivity contribution in [2.75, 3.05) is 25.0 Å². The van der Waals surface area contributed by atoms with Crippen LogP contribution in [0.3, 0.4) is 0 Å². The van der Waals surface area contributed by atoms with Crippen LogP contribution in [0.5, 0.6) is 0 Å². The molecular weight excluding hydrogens is 350 g/mol. The summed E-state index contributed by atoms with van der Waals surface area (Å²) in [6.07, 6.45) is 4.08. The van der Waals surface area contributed by atoms with E-state index in [0.717, 1.165) is 49.2 Å². The molecule has 4 heterocycles. The van der Waals surface area contributed by atoms with Crippen LogP contribution in [0, 0.1) is 5.92 Å². The first-order valence-corrected chi connectivity index (χ1v) is 10.0. The van der Waals surface area contributed by atoms with Crippen molar-refractivity contribution in [2.45, 2.75) is 25.4 Å². The molecule has 0 radical (unpaired) electrons. The minimum atomic E-state index is 0.00938. The number of piperidine rings is 1. The Morgan fingerprint density at radius 3 is 2.89 bits per heavy atom. The molecule has 3 aliphatic heterocycles. The van der Waals surface area contributed by atoms with E-state index >= 15 is 0 Å². The Bertz CT molecular complexity index is 969. The van der Waals surface area contributed by atoms with E-state index in [4.69, 9.17) is 0 Å². The Morgan fingerprint density at radius 1 is 1.11 bits per heavy atom. The van der Waals surface area contributed by atoms with Gasteiger partial charge in [-0.2, -0.15) is 5.10 Å². The molecule has 2 bridgehead atoms. The standard InChI is InChI=1S/C22H25N5O/c28-22(24-19-8-7-18-11-23-25-21(18)10-19)27-14-17-6-9-20(27)15-26(13-17)12-16-4-2-1-3-5-16/h1-5,7-8,10-11,17,20H,6,9,12-15H2,(H,23,25)(H,24,28)/t17-,20+/m1/s1. The number of fused-ring (bicyclic) bond motifs is 5. The monoisotopic (exact) mass is 375 g/mol. The van der Waals surface area contributed by atoms with Gasteiger partial charge >= 0.3 is 6.03 Å². The fraction of sp³-hybridized carbons (Fsp3) is 0.364. The maximum absolute atomic E-state index is 13.0. The topological polar surface area (TPSA) is 64.3 Å². The Hall–Kier alpha value is -2.86. The lowest BCUT2D eigenvalue weighted by atomic mass is 9.95. The molecule has 3 aromatic rings. The van der Waals surface area contributed by atoms with Crippen LogP contribution in [0.2, 0.25) is 0 Å². The Balaban J connectivity index is 1.28. The summed E-state index contributed by atoms with van der Waals surface area (Å²) in [5.74, 6) is 0.545. The van der Waals surface area contributed by atoms with E-state index in [1.165, 1.54) is 12.0 Å². The number of hydrogen-bond acceptors (Lipinski definition) is 3. The smallest absolute Gasteiger partial charge is 0.320 e. The van der Waals surface area contributed by atoms with Crippen LogP contribution in [-0.2, 0) is 6.54 Å². The van der Waals surface area contributed by atoms with Crippen molar-refractivity contribution in [1.82, 2.24) is 20.0 Å². The van der Waals surface area contributed by atoms with Crippen molar-refractivity contribution in [3.63, 3.8) is 0 Å². The number of H-pyrrole nitrogens is 1. The number of anilines is 1. The molecule has 0 aliphatic carbocycles. The van der Waals surface area contributed by atoms with Crippen molar-refractivity contribution in [3.8, 4) is 0 Å². The number of benzene rings is 2. The van der Waals surface area contributed by atoms with Crippen molar-refractivity contribution >= 4 is 22.6 Å². The van der Waals surface area contributed by atoms with Gasteiger partial charge in [-0.3, -0.25) is 10.00 Å². The highest BCUT2D eigenvalue weighted by Crippen LogP contribution is 2.29. The van der Waals surface area contributed by atoms with Crippen LogP contribution in [0.4, 0.5) is 10.5 Å². The van der Waals surface area contributed by atoms with Crippen molar-refractivity contribution in [3.05, 3.63) is 60.3 Å². The average molecular weight is 375 g/mol. The number of aromatic nitrogens is 2. The predicted octanol–water partition coefficient (Wildman–Crippen LogP) is 3.69. The van der Waals surface area contributed by atoms with Gasteiger partial charge in [0, 0.05) is 43.3 Å². The fourth-order valence-corrected chi connectivity index (χ4v) is 4.61. The maximum atomic E-state index is 13.0. The Kier molecular flexibility index (Phi) is 4.49. The molecule has 2 amide bonds. The highest BCUT2D eigenvalue weighted by molar-refractivity contribution is 5.92. The lowest BCUT2D eigenvalue weighted by molar-refractivity contribution is 0.151. The Labute approximate surface area is 164 Å². The van der Waals surface area contributed by atoms with Gasteiger partial charge in [0.25, 0.3) is 0 Å². The van der Waals surface area contributed by atoms with Crippen LogP contribution in [0.1, 0.15) is 18.4 Å². The lowest BCUT2D eigenvalue weighted by Gasteiger charge is -2.36. The van der Waals surface area contributed by atoms with Crippen LogP contribution >= 0.6 is 0 Å². The number of nitrogens with zero attached hydrogens (tertiary/aromatic N) is 3. The second-order valence-corrected chi connectivity index (χ2v) is 8.03. The molecule has 6 rings (SSSR count).